The van der Waals surface area contributed by atoms with E-state index in [9.17, 15) is 9.59 Å². The molecule has 1 fully saturated rings. The van der Waals surface area contributed by atoms with Crippen molar-refractivity contribution >= 4 is 22.7 Å². The fraction of sp³-hybridized carbons (Fsp3) is 0.429. The minimum atomic E-state index is -0.419. The molecule has 3 rings (SSSR count). The molecule has 112 valence electrons. The molecular weight excluding hydrogens is 274 g/mol. The Morgan fingerprint density at radius 1 is 1.52 bits per heavy atom. The highest BCUT2D eigenvalue weighted by Gasteiger charge is 2.17. The number of ether oxygens (including phenoxy) is 1. The number of rotatable bonds is 3. The maximum atomic E-state index is 12.0. The van der Waals surface area contributed by atoms with Crippen LogP contribution in [0.15, 0.2) is 27.4 Å². The van der Waals surface area contributed by atoms with Crippen LogP contribution in [0.25, 0.3) is 11.1 Å². The third kappa shape index (κ3) is 2.98. The molecule has 0 saturated carbocycles. The summed E-state index contributed by atoms with van der Waals surface area (Å²) in [5, 5.41) is 6.06. The minimum absolute atomic E-state index is 0.0424. The molecule has 0 spiro atoms. The molecule has 1 aliphatic heterocycles. The number of hydrogen-bond acceptors (Lipinski definition) is 5. The van der Waals surface area contributed by atoms with Crippen molar-refractivity contribution < 1.29 is 13.9 Å². The van der Waals surface area contributed by atoms with Gasteiger partial charge in [-0.25, -0.2) is 4.79 Å². The van der Waals surface area contributed by atoms with Crippen molar-refractivity contribution in [1.82, 2.24) is 9.88 Å². The van der Waals surface area contributed by atoms with Gasteiger partial charge in [0, 0.05) is 31.7 Å². The van der Waals surface area contributed by atoms with Gasteiger partial charge in [0.25, 0.3) is 0 Å². The lowest BCUT2D eigenvalue weighted by Gasteiger charge is -2.23. The predicted octanol–water partition coefficient (Wildman–Crippen LogP) is 0.448. The number of carbonyl (C=O) groups is 1. The Kier molecular flexibility index (Phi) is 3.76. The molecule has 1 amide bonds. The number of morpholine rings is 1. The van der Waals surface area contributed by atoms with E-state index >= 15 is 0 Å². The van der Waals surface area contributed by atoms with Crippen molar-refractivity contribution in [2.75, 3.05) is 25.1 Å². The molecule has 2 heterocycles. The van der Waals surface area contributed by atoms with E-state index in [1.165, 1.54) is 4.57 Å². The second-order valence-corrected chi connectivity index (χ2v) is 5.09. The van der Waals surface area contributed by atoms with Gasteiger partial charge in [0.05, 0.1) is 18.7 Å². The Bertz CT molecular complexity index is 713. The Morgan fingerprint density at radius 2 is 2.38 bits per heavy atom. The summed E-state index contributed by atoms with van der Waals surface area (Å²) < 4.78 is 11.8. The number of aromatic nitrogens is 1. The van der Waals surface area contributed by atoms with Crippen LogP contribution in [-0.4, -0.2) is 36.3 Å². The summed E-state index contributed by atoms with van der Waals surface area (Å²) >= 11 is 0. The first-order valence-corrected chi connectivity index (χ1v) is 6.84. The van der Waals surface area contributed by atoms with E-state index in [1.54, 1.807) is 25.2 Å². The summed E-state index contributed by atoms with van der Waals surface area (Å²) in [4.78, 5) is 23.4. The SMILES string of the molecule is Cn1c(=O)oc2ccc(NC(=O)CC3COCCN3)cc21. The number of fused-ring (bicyclic) bond motifs is 1. The van der Waals surface area contributed by atoms with Gasteiger partial charge in [-0.15, -0.1) is 0 Å². The molecule has 1 saturated heterocycles. The first-order chi connectivity index (χ1) is 10.1. The number of amides is 1. The smallest absolute Gasteiger partial charge is 0.408 e. The Balaban J connectivity index is 1.70. The number of benzene rings is 1. The van der Waals surface area contributed by atoms with Crippen LogP contribution < -0.4 is 16.4 Å². The van der Waals surface area contributed by atoms with Gasteiger partial charge in [-0.2, -0.15) is 0 Å². The van der Waals surface area contributed by atoms with E-state index in [2.05, 4.69) is 10.6 Å². The van der Waals surface area contributed by atoms with E-state index in [-0.39, 0.29) is 11.9 Å². The molecule has 1 atom stereocenters. The number of hydrogen-bond donors (Lipinski definition) is 2. The van der Waals surface area contributed by atoms with Gasteiger partial charge in [0.1, 0.15) is 0 Å². The Labute approximate surface area is 120 Å². The van der Waals surface area contributed by atoms with Crippen LogP contribution in [0.4, 0.5) is 5.69 Å². The summed E-state index contributed by atoms with van der Waals surface area (Å²) in [5.41, 5.74) is 1.79. The monoisotopic (exact) mass is 291 g/mol. The second kappa shape index (κ2) is 5.71. The molecule has 0 bridgehead atoms. The van der Waals surface area contributed by atoms with Crippen LogP contribution in [0.5, 0.6) is 0 Å². The van der Waals surface area contributed by atoms with Crippen molar-refractivity contribution in [1.29, 1.82) is 0 Å². The number of carbonyl (C=O) groups excluding carboxylic acids is 1. The molecule has 7 nitrogen and oxygen atoms in total. The van der Waals surface area contributed by atoms with Gasteiger partial charge >= 0.3 is 5.76 Å². The van der Waals surface area contributed by atoms with Crippen molar-refractivity contribution in [3.8, 4) is 0 Å². The van der Waals surface area contributed by atoms with Gasteiger partial charge < -0.3 is 19.8 Å². The number of nitrogens with one attached hydrogen (secondary N) is 2. The zero-order chi connectivity index (χ0) is 14.8. The minimum Gasteiger partial charge on any atom is -0.408 e. The highest BCUT2D eigenvalue weighted by molar-refractivity contribution is 5.93. The van der Waals surface area contributed by atoms with Crippen molar-refractivity contribution in [2.45, 2.75) is 12.5 Å². The van der Waals surface area contributed by atoms with Crippen LogP contribution in [0.3, 0.4) is 0 Å². The molecule has 2 aromatic rings. The summed E-state index contributed by atoms with van der Waals surface area (Å²) in [6.45, 7) is 1.99. The van der Waals surface area contributed by atoms with Crippen molar-refractivity contribution in [3.05, 3.63) is 28.7 Å². The fourth-order valence-electron chi connectivity index (χ4n) is 2.39. The third-order valence-corrected chi connectivity index (χ3v) is 3.51. The average Bonchev–Trinajstić information content (AvgIpc) is 2.75. The zero-order valence-corrected chi connectivity index (χ0v) is 11.7. The summed E-state index contributed by atoms with van der Waals surface area (Å²) in [7, 11) is 1.63. The highest BCUT2D eigenvalue weighted by atomic mass is 16.5. The number of anilines is 1. The van der Waals surface area contributed by atoms with Gasteiger partial charge in [-0.05, 0) is 18.2 Å². The van der Waals surface area contributed by atoms with Crippen LogP contribution in [0.1, 0.15) is 6.42 Å². The van der Waals surface area contributed by atoms with Gasteiger partial charge in [0.15, 0.2) is 5.58 Å². The lowest BCUT2D eigenvalue weighted by molar-refractivity contribution is -0.117. The zero-order valence-electron chi connectivity index (χ0n) is 11.7. The Morgan fingerprint density at radius 3 is 3.14 bits per heavy atom. The normalized spacial score (nSPS) is 18.8. The number of nitrogens with zero attached hydrogens (tertiary/aromatic N) is 1. The quantitative estimate of drug-likeness (QED) is 0.857. The van der Waals surface area contributed by atoms with Crippen LogP contribution in [0, 0.1) is 0 Å². The van der Waals surface area contributed by atoms with E-state index in [4.69, 9.17) is 9.15 Å². The standard InChI is InChI=1S/C14H17N3O4/c1-17-11-6-9(2-3-12(11)21-14(17)19)16-13(18)7-10-8-20-5-4-15-10/h2-3,6,10,15H,4-5,7-8H2,1H3,(H,16,18). The molecule has 21 heavy (non-hydrogen) atoms. The predicted molar refractivity (Wildman–Crippen MR) is 77.3 cm³/mol. The largest absolute Gasteiger partial charge is 0.419 e. The molecule has 0 aliphatic carbocycles. The number of oxazole rings is 1. The van der Waals surface area contributed by atoms with Gasteiger partial charge in [-0.1, -0.05) is 0 Å². The highest BCUT2D eigenvalue weighted by Crippen LogP contribution is 2.18. The molecule has 1 aromatic carbocycles. The Hall–Kier alpha value is -2.12. The third-order valence-electron chi connectivity index (χ3n) is 3.51. The lowest BCUT2D eigenvalue weighted by atomic mass is 10.2. The van der Waals surface area contributed by atoms with Crippen molar-refractivity contribution in [2.24, 2.45) is 7.05 Å². The summed E-state index contributed by atoms with van der Waals surface area (Å²) in [6.07, 6.45) is 0.350. The first kappa shape index (κ1) is 13.8. The number of aryl methyl sites for hydroxylation is 1. The van der Waals surface area contributed by atoms with Crippen LogP contribution in [0.2, 0.25) is 0 Å². The van der Waals surface area contributed by atoms with Gasteiger partial charge in [-0.3, -0.25) is 9.36 Å². The van der Waals surface area contributed by atoms with Crippen LogP contribution >= 0.6 is 0 Å². The van der Waals surface area contributed by atoms with E-state index in [1.807, 2.05) is 0 Å². The molecule has 1 aromatic heterocycles. The first-order valence-electron chi connectivity index (χ1n) is 6.84. The molecule has 1 unspecified atom stereocenters. The average molecular weight is 291 g/mol. The van der Waals surface area contributed by atoms with Crippen molar-refractivity contribution in [3.63, 3.8) is 0 Å². The van der Waals surface area contributed by atoms with Gasteiger partial charge in [0.2, 0.25) is 5.91 Å². The summed E-state index contributed by atoms with van der Waals surface area (Å²) in [5.74, 6) is -0.511. The second-order valence-electron chi connectivity index (χ2n) is 5.09. The van der Waals surface area contributed by atoms with E-state index < -0.39 is 5.76 Å². The molecule has 7 heteroatoms. The molecular formula is C14H17N3O4. The van der Waals surface area contributed by atoms with Crippen LogP contribution in [-0.2, 0) is 16.6 Å². The summed E-state index contributed by atoms with van der Waals surface area (Å²) in [6, 6.07) is 5.16. The maximum absolute atomic E-state index is 12.0. The van der Waals surface area contributed by atoms with E-state index in [0.717, 1.165) is 6.54 Å². The fourth-order valence-corrected chi connectivity index (χ4v) is 2.39. The van der Waals surface area contributed by atoms with E-state index in [0.29, 0.717) is 36.4 Å². The molecule has 0 radical (unpaired) electrons. The topological polar surface area (TPSA) is 85.5 Å². The molecule has 2 N–H and O–H groups in total. The maximum Gasteiger partial charge on any atom is 0.419 e. The molecule has 1 aliphatic rings. The lowest BCUT2D eigenvalue weighted by Crippen LogP contribution is -2.43.